The second-order valence-electron chi connectivity index (χ2n) is 6.57. The third-order valence-corrected chi connectivity index (χ3v) is 6.11. The number of nitrogens with one attached hydrogen (secondary N) is 1. The van der Waals surface area contributed by atoms with Gasteiger partial charge in [0, 0.05) is 30.1 Å². The molecule has 1 aliphatic heterocycles. The number of hydrogen-bond donors (Lipinski definition) is 1. The molecule has 6 nitrogen and oxygen atoms in total. The monoisotopic (exact) mass is 372 g/mol. The van der Waals surface area contributed by atoms with Gasteiger partial charge >= 0.3 is 5.76 Å². The minimum atomic E-state index is -0.514. The van der Waals surface area contributed by atoms with Crippen LogP contribution in [0.3, 0.4) is 0 Å². The number of benzene rings is 1. The molecule has 26 heavy (non-hydrogen) atoms. The quantitative estimate of drug-likeness (QED) is 0.747. The van der Waals surface area contributed by atoms with E-state index in [0.717, 1.165) is 12.8 Å². The summed E-state index contributed by atoms with van der Waals surface area (Å²) >= 11 is 1.71. The fourth-order valence-electron chi connectivity index (χ4n) is 3.48. The summed E-state index contributed by atoms with van der Waals surface area (Å²) in [5.74, 6) is -0.707. The van der Waals surface area contributed by atoms with Crippen molar-refractivity contribution in [2.45, 2.75) is 24.8 Å². The van der Waals surface area contributed by atoms with Crippen LogP contribution in [-0.4, -0.2) is 30.2 Å². The third kappa shape index (κ3) is 3.20. The number of carbonyl (C=O) groups is 1. The second-order valence-corrected chi connectivity index (χ2v) is 7.52. The van der Waals surface area contributed by atoms with Crippen molar-refractivity contribution in [1.82, 2.24) is 9.88 Å². The van der Waals surface area contributed by atoms with E-state index < -0.39 is 5.76 Å². The van der Waals surface area contributed by atoms with E-state index in [1.54, 1.807) is 29.5 Å². The Balaban J connectivity index is 1.49. The molecule has 1 amide bonds. The Morgan fingerprint density at radius 1 is 1.19 bits per heavy atom. The van der Waals surface area contributed by atoms with Crippen molar-refractivity contribution in [3.63, 3.8) is 0 Å². The lowest BCUT2D eigenvalue weighted by Gasteiger charge is -2.36. The number of hydrogen-bond acceptors (Lipinski definition) is 5. The van der Waals surface area contributed by atoms with Gasteiger partial charge in [0.25, 0.3) is 0 Å². The molecule has 0 unspecified atom stereocenters. The molecule has 136 valence electrons. The maximum absolute atomic E-state index is 12.5. The summed E-state index contributed by atoms with van der Waals surface area (Å²) in [6, 6.07) is 11.3. The number of fused-ring (bicyclic) bond motifs is 1. The zero-order valence-electron chi connectivity index (χ0n) is 14.3. The number of para-hydroxylation sites is 2. The molecule has 1 fully saturated rings. The zero-order valence-corrected chi connectivity index (χ0v) is 15.1. The van der Waals surface area contributed by atoms with Crippen molar-refractivity contribution in [1.29, 1.82) is 0 Å². The molecule has 7 heteroatoms. The molecule has 4 rings (SSSR count). The Hall–Kier alpha value is -2.38. The molecule has 0 bridgehead atoms. The van der Waals surface area contributed by atoms with Gasteiger partial charge in [0.05, 0.1) is 5.52 Å². The average molecular weight is 372 g/mol. The fraction of sp³-hybridized carbons (Fsp3) is 0.368. The van der Waals surface area contributed by atoms with Gasteiger partial charge in [-0.2, -0.15) is 0 Å². The molecule has 3 heterocycles. The highest BCUT2D eigenvalue weighted by molar-refractivity contribution is 7.10. The van der Waals surface area contributed by atoms with Crippen molar-refractivity contribution in [3.05, 3.63) is 57.2 Å². The van der Waals surface area contributed by atoms with Gasteiger partial charge in [-0.3, -0.25) is 9.36 Å². The summed E-state index contributed by atoms with van der Waals surface area (Å²) in [6.07, 6.45) is 1.75. The standard InChI is InChI=1S/C19H20N2O4S/c22-17(12-21-14-4-1-2-5-15(14)25-18(21)23)20-13-19(7-9-24-10-8-19)16-6-3-11-26-16/h1-6,11H,7-10,12-13H2,(H,20,22). The highest BCUT2D eigenvalue weighted by Crippen LogP contribution is 2.36. The maximum Gasteiger partial charge on any atom is 0.420 e. The predicted molar refractivity (Wildman–Crippen MR) is 99.5 cm³/mol. The smallest absolute Gasteiger partial charge is 0.408 e. The topological polar surface area (TPSA) is 73.5 Å². The molecule has 0 atom stereocenters. The molecule has 3 aromatic rings. The van der Waals surface area contributed by atoms with E-state index in [1.807, 2.05) is 12.1 Å². The van der Waals surface area contributed by atoms with Crippen LogP contribution in [0.25, 0.3) is 11.1 Å². The van der Waals surface area contributed by atoms with Gasteiger partial charge in [-0.05, 0) is 36.4 Å². The van der Waals surface area contributed by atoms with Crippen molar-refractivity contribution in [2.75, 3.05) is 19.8 Å². The van der Waals surface area contributed by atoms with E-state index in [1.165, 1.54) is 9.44 Å². The maximum atomic E-state index is 12.5. The summed E-state index contributed by atoms with van der Waals surface area (Å²) in [4.78, 5) is 25.8. The van der Waals surface area contributed by atoms with Crippen molar-refractivity contribution < 1.29 is 13.9 Å². The van der Waals surface area contributed by atoms with E-state index in [9.17, 15) is 9.59 Å². The first-order valence-electron chi connectivity index (χ1n) is 8.65. The first-order valence-corrected chi connectivity index (χ1v) is 9.53. The summed E-state index contributed by atoms with van der Waals surface area (Å²) in [5, 5.41) is 5.08. The minimum absolute atomic E-state index is 0.0487. The third-order valence-electron chi connectivity index (χ3n) is 4.99. The number of oxazole rings is 1. The molecule has 1 aromatic carbocycles. The van der Waals surface area contributed by atoms with Crippen LogP contribution in [0.4, 0.5) is 0 Å². The molecule has 0 saturated carbocycles. The molecule has 0 spiro atoms. The molecular formula is C19H20N2O4S. The molecule has 0 aliphatic carbocycles. The van der Waals surface area contributed by atoms with Crippen LogP contribution in [0.1, 0.15) is 17.7 Å². The van der Waals surface area contributed by atoms with E-state index in [-0.39, 0.29) is 17.9 Å². The van der Waals surface area contributed by atoms with E-state index in [4.69, 9.17) is 9.15 Å². The van der Waals surface area contributed by atoms with E-state index in [2.05, 4.69) is 16.8 Å². The van der Waals surface area contributed by atoms with Crippen molar-refractivity contribution in [3.8, 4) is 0 Å². The lowest BCUT2D eigenvalue weighted by Crippen LogP contribution is -2.45. The van der Waals surface area contributed by atoms with E-state index in [0.29, 0.717) is 30.9 Å². The predicted octanol–water partition coefficient (Wildman–Crippen LogP) is 2.52. The molecule has 2 aromatic heterocycles. The van der Waals surface area contributed by atoms with Crippen LogP contribution in [0.2, 0.25) is 0 Å². The van der Waals surface area contributed by atoms with Crippen molar-refractivity contribution >= 4 is 28.3 Å². The van der Waals surface area contributed by atoms with Gasteiger partial charge < -0.3 is 14.5 Å². The van der Waals surface area contributed by atoms with Crippen LogP contribution < -0.4 is 11.1 Å². The first kappa shape index (κ1) is 17.1. The Labute approximate surface area is 154 Å². The van der Waals surface area contributed by atoms with Gasteiger partial charge in [0.2, 0.25) is 5.91 Å². The number of amides is 1. The van der Waals surface area contributed by atoms with Crippen LogP contribution in [0, 0.1) is 0 Å². The molecule has 1 N–H and O–H groups in total. The first-order chi connectivity index (χ1) is 12.7. The Kier molecular flexibility index (Phi) is 4.65. The zero-order chi connectivity index (χ0) is 18.0. The molecule has 1 saturated heterocycles. The van der Waals surface area contributed by atoms with Gasteiger partial charge in [0.1, 0.15) is 6.54 Å². The molecular weight excluding hydrogens is 352 g/mol. The number of nitrogens with zero attached hydrogens (tertiary/aromatic N) is 1. The Morgan fingerprint density at radius 3 is 2.77 bits per heavy atom. The largest absolute Gasteiger partial charge is 0.420 e. The minimum Gasteiger partial charge on any atom is -0.408 e. The second kappa shape index (κ2) is 7.09. The van der Waals surface area contributed by atoms with Gasteiger partial charge in [0.15, 0.2) is 5.58 Å². The van der Waals surface area contributed by atoms with Crippen molar-refractivity contribution in [2.24, 2.45) is 0 Å². The summed E-state index contributed by atoms with van der Waals surface area (Å²) in [6.45, 7) is 1.88. The lowest BCUT2D eigenvalue weighted by molar-refractivity contribution is -0.122. The lowest BCUT2D eigenvalue weighted by atomic mass is 9.78. The van der Waals surface area contributed by atoms with Gasteiger partial charge in [-0.1, -0.05) is 18.2 Å². The van der Waals surface area contributed by atoms with Gasteiger partial charge in [-0.25, -0.2) is 4.79 Å². The number of ether oxygens (including phenoxy) is 1. The van der Waals surface area contributed by atoms with Crippen LogP contribution in [-0.2, 0) is 21.5 Å². The van der Waals surface area contributed by atoms with Crippen LogP contribution >= 0.6 is 11.3 Å². The Bertz CT molecular complexity index is 951. The van der Waals surface area contributed by atoms with E-state index >= 15 is 0 Å². The molecule has 1 aliphatic rings. The fourth-order valence-corrected chi connectivity index (χ4v) is 4.47. The Morgan fingerprint density at radius 2 is 2.00 bits per heavy atom. The summed E-state index contributed by atoms with van der Waals surface area (Å²) in [5.41, 5.74) is 1.03. The number of carbonyl (C=O) groups excluding carboxylic acids is 1. The highest BCUT2D eigenvalue weighted by Gasteiger charge is 2.35. The van der Waals surface area contributed by atoms with Gasteiger partial charge in [-0.15, -0.1) is 11.3 Å². The van der Waals surface area contributed by atoms with Crippen LogP contribution in [0.5, 0.6) is 0 Å². The summed E-state index contributed by atoms with van der Waals surface area (Å²) < 4.78 is 12.1. The van der Waals surface area contributed by atoms with Crippen LogP contribution in [0.15, 0.2) is 51.0 Å². The summed E-state index contributed by atoms with van der Waals surface area (Å²) in [7, 11) is 0. The normalized spacial score (nSPS) is 16.6. The molecule has 0 radical (unpaired) electrons. The number of aromatic nitrogens is 1. The SMILES string of the molecule is O=C(Cn1c(=O)oc2ccccc21)NCC1(c2cccs2)CCOCC1. The highest BCUT2D eigenvalue weighted by atomic mass is 32.1. The number of thiophene rings is 1. The average Bonchev–Trinajstić information content (AvgIpc) is 3.30. The number of rotatable bonds is 5.